The fraction of sp³-hybridized carbons (Fsp3) is 0. The average Bonchev–Trinajstić information content (AvgIpc) is 2.25. The van der Waals surface area contributed by atoms with Gasteiger partial charge in [0.1, 0.15) is 9.79 Å². The summed E-state index contributed by atoms with van der Waals surface area (Å²) < 4.78 is 63.1. The first-order valence-corrected chi connectivity index (χ1v) is 7.76. The van der Waals surface area contributed by atoms with Crippen molar-refractivity contribution >= 4 is 36.7 Å². The summed E-state index contributed by atoms with van der Waals surface area (Å²) in [4.78, 5) is -1.00. The van der Waals surface area contributed by atoms with Gasteiger partial charge in [-0.3, -0.25) is 9.11 Å². The van der Waals surface area contributed by atoms with Gasteiger partial charge in [0.15, 0.2) is 0 Å². The van der Waals surface area contributed by atoms with Crippen LogP contribution in [0.5, 0.6) is 0 Å². The van der Waals surface area contributed by atoms with Crippen molar-refractivity contribution in [1.29, 1.82) is 0 Å². The first-order chi connectivity index (χ1) is 8.62. The molecular formula is C10H11NNa2O6S2. The monoisotopic (exact) mass is 351 g/mol. The molecule has 0 aliphatic heterocycles. The molecule has 4 N–H and O–H groups in total. The number of hydrogen-bond acceptors (Lipinski definition) is 5. The maximum absolute atomic E-state index is 11.2. The molecule has 0 unspecified atom stereocenters. The molecule has 2 rings (SSSR count). The Balaban J connectivity index is -0.000001000. The van der Waals surface area contributed by atoms with E-state index in [-0.39, 0.29) is 78.4 Å². The first-order valence-electron chi connectivity index (χ1n) is 4.88. The van der Waals surface area contributed by atoms with Crippen molar-refractivity contribution in [3.8, 4) is 0 Å². The number of nitrogens with two attached hydrogens (primary N) is 1. The second-order valence-corrected chi connectivity index (χ2v) is 6.56. The maximum atomic E-state index is 11.2. The zero-order chi connectivity index (χ0) is 14.4. The summed E-state index contributed by atoms with van der Waals surface area (Å²) in [5.41, 5.74) is 5.58. The summed E-state index contributed by atoms with van der Waals surface area (Å²) in [5.74, 6) is 0. The largest absolute Gasteiger partial charge is 1.00 e. The van der Waals surface area contributed by atoms with E-state index >= 15 is 0 Å². The summed E-state index contributed by atoms with van der Waals surface area (Å²) in [6.07, 6.45) is 0. The van der Waals surface area contributed by atoms with Crippen molar-refractivity contribution in [2.75, 3.05) is 5.73 Å². The third kappa shape index (κ3) is 4.41. The van der Waals surface area contributed by atoms with Crippen LogP contribution < -0.4 is 64.8 Å². The molecule has 0 fully saturated rings. The van der Waals surface area contributed by atoms with E-state index < -0.39 is 30.0 Å². The average molecular weight is 351 g/mol. The van der Waals surface area contributed by atoms with E-state index in [0.29, 0.717) is 0 Å². The van der Waals surface area contributed by atoms with Gasteiger partial charge in [-0.15, -0.1) is 0 Å². The Kier molecular flexibility index (Phi) is 7.37. The summed E-state index contributed by atoms with van der Waals surface area (Å²) >= 11 is 0. The van der Waals surface area contributed by atoms with Crippen LogP contribution in [-0.4, -0.2) is 25.9 Å². The van der Waals surface area contributed by atoms with Gasteiger partial charge in [0, 0.05) is 16.5 Å². The van der Waals surface area contributed by atoms with E-state index in [2.05, 4.69) is 0 Å². The summed E-state index contributed by atoms with van der Waals surface area (Å²) in [7, 11) is -9.11. The molecule has 0 atom stereocenters. The van der Waals surface area contributed by atoms with Gasteiger partial charge in [-0.1, -0.05) is 12.1 Å². The predicted molar refractivity (Wildman–Crippen MR) is 70.2 cm³/mol. The van der Waals surface area contributed by atoms with Crippen LogP contribution in [0.3, 0.4) is 0 Å². The van der Waals surface area contributed by atoms with Gasteiger partial charge in [0.2, 0.25) is 0 Å². The molecule has 11 heteroatoms. The standard InChI is InChI=1S/C10H9NO6S2.2Na.2H/c11-7-4-5-8(18(12,13)14)6-2-1-3-9(10(6)7)19(15,16)17;;;;/h1-5H,11H2,(H,12,13,14)(H,15,16,17);;;;/q;2*+1;2*-1. The Labute approximate surface area is 169 Å². The van der Waals surface area contributed by atoms with E-state index in [0.717, 1.165) is 18.2 Å². The van der Waals surface area contributed by atoms with Gasteiger partial charge in [-0.25, -0.2) is 0 Å². The topological polar surface area (TPSA) is 135 Å². The minimum Gasteiger partial charge on any atom is -1.00 e. The van der Waals surface area contributed by atoms with Crippen LogP contribution in [0.1, 0.15) is 2.85 Å². The minimum absolute atomic E-state index is 0. The molecule has 0 aromatic heterocycles. The van der Waals surface area contributed by atoms with E-state index in [1.165, 1.54) is 12.1 Å². The van der Waals surface area contributed by atoms with E-state index in [9.17, 15) is 16.8 Å². The Morgan fingerprint density at radius 2 is 1.38 bits per heavy atom. The molecule has 0 aliphatic carbocycles. The molecule has 0 radical (unpaired) electrons. The fourth-order valence-corrected chi connectivity index (χ4v) is 3.24. The summed E-state index contributed by atoms with van der Waals surface area (Å²) in [6, 6.07) is 5.80. The molecule has 0 heterocycles. The SMILES string of the molecule is Nc1ccc(S(=O)(=O)O)c2cccc(S(=O)(=O)O)c12.[H-].[H-].[Na+].[Na+]. The third-order valence-electron chi connectivity index (χ3n) is 2.55. The predicted octanol–water partition coefficient (Wildman–Crippen LogP) is -4.85. The van der Waals surface area contributed by atoms with Crippen LogP contribution in [0.25, 0.3) is 10.8 Å². The number of rotatable bonds is 2. The van der Waals surface area contributed by atoms with E-state index in [1.54, 1.807) is 0 Å². The summed E-state index contributed by atoms with van der Waals surface area (Å²) in [5, 5.41) is -0.238. The molecule has 0 spiro atoms. The zero-order valence-corrected chi connectivity index (χ0v) is 16.9. The molecule has 0 saturated heterocycles. The number of anilines is 1. The Bertz CT molecular complexity index is 890. The maximum Gasteiger partial charge on any atom is 1.00 e. The van der Waals surface area contributed by atoms with Crippen molar-refractivity contribution in [2.45, 2.75) is 9.79 Å². The second-order valence-electron chi connectivity index (χ2n) is 3.78. The molecule has 2 aromatic carbocycles. The van der Waals surface area contributed by atoms with Crippen molar-refractivity contribution in [1.82, 2.24) is 0 Å². The molecule has 7 nitrogen and oxygen atoms in total. The number of hydrogen-bond donors (Lipinski definition) is 3. The number of nitrogen functional groups attached to an aromatic ring is 1. The van der Waals surface area contributed by atoms with Gasteiger partial charge in [-0.05, 0) is 18.2 Å². The molecule has 2 aromatic rings. The van der Waals surface area contributed by atoms with Gasteiger partial charge in [0.05, 0.1) is 0 Å². The van der Waals surface area contributed by atoms with Crippen molar-refractivity contribution in [3.05, 3.63) is 30.3 Å². The Morgan fingerprint density at radius 3 is 1.86 bits per heavy atom. The Hall–Kier alpha value is 0.320. The van der Waals surface area contributed by atoms with Crippen LogP contribution in [-0.2, 0) is 20.2 Å². The number of fused-ring (bicyclic) bond motifs is 1. The van der Waals surface area contributed by atoms with Crippen LogP contribution >= 0.6 is 0 Å². The van der Waals surface area contributed by atoms with Crippen molar-refractivity contribution in [2.24, 2.45) is 0 Å². The van der Waals surface area contributed by atoms with E-state index in [1.807, 2.05) is 0 Å². The molecular weight excluding hydrogens is 340 g/mol. The molecule has 0 bridgehead atoms. The second kappa shape index (κ2) is 7.26. The van der Waals surface area contributed by atoms with Crippen LogP contribution in [0.2, 0.25) is 0 Å². The first kappa shape index (κ1) is 21.3. The van der Waals surface area contributed by atoms with Crippen molar-refractivity contribution < 1.29 is 87.9 Å². The van der Waals surface area contributed by atoms with Gasteiger partial charge < -0.3 is 8.59 Å². The Morgan fingerprint density at radius 1 is 0.857 bits per heavy atom. The van der Waals surface area contributed by atoms with Crippen LogP contribution in [0, 0.1) is 0 Å². The van der Waals surface area contributed by atoms with Crippen LogP contribution in [0.4, 0.5) is 5.69 Å². The fourth-order valence-electron chi connectivity index (χ4n) is 1.81. The molecule has 0 saturated carbocycles. The number of benzene rings is 2. The van der Waals surface area contributed by atoms with Crippen molar-refractivity contribution in [3.63, 3.8) is 0 Å². The molecule has 0 aliphatic rings. The molecule has 0 amide bonds. The molecule has 21 heavy (non-hydrogen) atoms. The molecule has 106 valence electrons. The van der Waals surface area contributed by atoms with Crippen LogP contribution in [0.15, 0.2) is 40.1 Å². The van der Waals surface area contributed by atoms with Gasteiger partial charge in [-0.2, -0.15) is 16.8 Å². The summed E-state index contributed by atoms with van der Waals surface area (Å²) in [6.45, 7) is 0. The van der Waals surface area contributed by atoms with E-state index in [4.69, 9.17) is 14.8 Å². The van der Waals surface area contributed by atoms with Gasteiger partial charge in [0.25, 0.3) is 20.2 Å². The zero-order valence-electron chi connectivity index (χ0n) is 13.3. The van der Waals surface area contributed by atoms with Gasteiger partial charge >= 0.3 is 59.1 Å². The minimum atomic E-state index is -4.57. The normalized spacial score (nSPS) is 11.5. The third-order valence-corrected chi connectivity index (χ3v) is 4.36. The smallest absolute Gasteiger partial charge is 1.00 e. The quantitative estimate of drug-likeness (QED) is 0.281.